The van der Waals surface area contributed by atoms with Gasteiger partial charge in [-0.1, -0.05) is 44.0 Å². The summed E-state index contributed by atoms with van der Waals surface area (Å²) in [6, 6.07) is 9.08. The lowest BCUT2D eigenvalue weighted by Gasteiger charge is -2.09. The fourth-order valence-corrected chi connectivity index (χ4v) is 2.35. The van der Waals surface area contributed by atoms with Gasteiger partial charge in [0.1, 0.15) is 12.4 Å². The van der Waals surface area contributed by atoms with E-state index in [0.29, 0.717) is 9.80 Å². The maximum Gasteiger partial charge on any atom is 0.165 e. The highest BCUT2D eigenvalue weighted by Crippen LogP contribution is 2.23. The van der Waals surface area contributed by atoms with E-state index in [2.05, 4.69) is 31.9 Å². The molecular weight excluding hydrogens is 382 g/mol. The molecule has 0 fully saturated rings. The van der Waals surface area contributed by atoms with Crippen LogP contribution in [0.2, 0.25) is 0 Å². The number of hydrogen-bond acceptors (Lipinski definition) is 1. The van der Waals surface area contributed by atoms with E-state index >= 15 is 0 Å². The molecule has 0 spiro atoms. The van der Waals surface area contributed by atoms with Gasteiger partial charge in [-0.25, -0.2) is 8.78 Å². The van der Waals surface area contributed by atoms with Gasteiger partial charge in [0.25, 0.3) is 0 Å². The number of halogens is 4. The largest absolute Gasteiger partial charge is 0.486 e. The average molecular weight is 392 g/mol. The maximum atomic E-state index is 13.7. The van der Waals surface area contributed by atoms with E-state index in [1.54, 1.807) is 18.2 Å². The summed E-state index contributed by atoms with van der Waals surface area (Å²) in [5.41, 5.74) is 1.60. The van der Waals surface area contributed by atoms with Gasteiger partial charge in [-0.2, -0.15) is 0 Å². The third-order valence-electron chi connectivity index (χ3n) is 2.55. The first kappa shape index (κ1) is 14.5. The minimum atomic E-state index is -0.407. The van der Waals surface area contributed by atoms with Crippen molar-refractivity contribution in [3.63, 3.8) is 0 Å². The summed E-state index contributed by atoms with van der Waals surface area (Å²) in [4.78, 5) is 0. The third-order valence-corrected chi connectivity index (χ3v) is 3.93. The molecule has 2 aromatic carbocycles. The second kappa shape index (κ2) is 6.48. The van der Waals surface area contributed by atoms with Crippen LogP contribution in [-0.4, -0.2) is 0 Å². The molecule has 1 nitrogen and oxygen atoms in total. The quantitative estimate of drug-likeness (QED) is 0.650. The molecule has 0 N–H and O–H groups in total. The molecule has 0 aliphatic carbocycles. The second-order valence-electron chi connectivity index (χ2n) is 3.92. The van der Waals surface area contributed by atoms with E-state index in [0.717, 1.165) is 11.1 Å². The molecule has 19 heavy (non-hydrogen) atoms. The smallest absolute Gasteiger partial charge is 0.165 e. The molecule has 0 amide bonds. The van der Waals surface area contributed by atoms with E-state index in [4.69, 9.17) is 4.74 Å². The monoisotopic (exact) mass is 390 g/mol. The van der Waals surface area contributed by atoms with Crippen molar-refractivity contribution in [1.29, 1.82) is 0 Å². The molecule has 0 aliphatic rings. The predicted molar refractivity (Wildman–Crippen MR) is 77.5 cm³/mol. The summed E-state index contributed by atoms with van der Waals surface area (Å²) in [7, 11) is 0. The number of rotatable bonds is 4. The van der Waals surface area contributed by atoms with Gasteiger partial charge in [-0.3, -0.25) is 0 Å². The first-order valence-corrected chi connectivity index (χ1v) is 7.42. The van der Waals surface area contributed by atoms with E-state index in [1.807, 2.05) is 0 Å². The third kappa shape index (κ3) is 3.76. The van der Waals surface area contributed by atoms with Crippen molar-refractivity contribution in [3.8, 4) is 5.75 Å². The summed E-state index contributed by atoms with van der Waals surface area (Å²) >= 11 is 6.50. The average Bonchev–Trinajstić information content (AvgIpc) is 2.39. The Morgan fingerprint density at radius 2 is 1.84 bits per heavy atom. The van der Waals surface area contributed by atoms with Gasteiger partial charge in [0.05, 0.1) is 0 Å². The summed E-state index contributed by atoms with van der Waals surface area (Å²) in [5.74, 6) is -0.556. The van der Waals surface area contributed by atoms with Gasteiger partial charge in [0.15, 0.2) is 11.6 Å². The van der Waals surface area contributed by atoms with Crippen molar-refractivity contribution in [2.24, 2.45) is 0 Å². The van der Waals surface area contributed by atoms with Crippen LogP contribution in [-0.2, 0) is 11.9 Å². The Hall–Kier alpha value is -0.940. The van der Waals surface area contributed by atoms with Crippen LogP contribution in [0.15, 0.2) is 40.9 Å². The Balaban J connectivity index is 2.10. The zero-order chi connectivity index (χ0) is 13.8. The van der Waals surface area contributed by atoms with Gasteiger partial charge in [0, 0.05) is 15.4 Å². The highest BCUT2D eigenvalue weighted by molar-refractivity contribution is 9.10. The standard InChI is InChI=1S/C14H10Br2F2O/c15-7-9-1-4-14(13(18)5-9)19-8-10-2-3-11(17)6-12(10)16/h1-6H,7-8H2. The molecule has 5 heteroatoms. The molecule has 0 radical (unpaired) electrons. The minimum absolute atomic E-state index is 0.172. The first-order chi connectivity index (χ1) is 9.10. The molecule has 0 saturated carbocycles. The fourth-order valence-electron chi connectivity index (χ4n) is 1.54. The Morgan fingerprint density at radius 1 is 1.05 bits per heavy atom. The van der Waals surface area contributed by atoms with Crippen LogP contribution in [0.4, 0.5) is 8.78 Å². The van der Waals surface area contributed by atoms with Crippen LogP contribution in [0.5, 0.6) is 5.75 Å². The van der Waals surface area contributed by atoms with Crippen LogP contribution >= 0.6 is 31.9 Å². The molecule has 0 aliphatic heterocycles. The summed E-state index contributed by atoms with van der Waals surface area (Å²) in [6.45, 7) is 0.172. The van der Waals surface area contributed by atoms with Crippen molar-refractivity contribution in [2.75, 3.05) is 0 Å². The Morgan fingerprint density at radius 3 is 2.47 bits per heavy atom. The highest BCUT2D eigenvalue weighted by atomic mass is 79.9. The van der Waals surface area contributed by atoms with E-state index in [9.17, 15) is 8.78 Å². The molecule has 0 heterocycles. The number of ether oxygens (including phenoxy) is 1. The Labute approximate surface area is 126 Å². The van der Waals surface area contributed by atoms with Crippen molar-refractivity contribution >= 4 is 31.9 Å². The topological polar surface area (TPSA) is 9.23 Å². The summed E-state index contributed by atoms with van der Waals surface area (Å²) < 4.78 is 32.6. The van der Waals surface area contributed by atoms with Crippen LogP contribution in [0.25, 0.3) is 0 Å². The molecule has 2 rings (SSSR count). The lowest BCUT2D eigenvalue weighted by molar-refractivity contribution is 0.289. The lowest BCUT2D eigenvalue weighted by Crippen LogP contribution is -1.99. The van der Waals surface area contributed by atoms with Gasteiger partial charge in [0.2, 0.25) is 0 Å². The lowest BCUT2D eigenvalue weighted by atomic mass is 10.2. The SMILES string of the molecule is Fc1ccc(COc2ccc(CBr)cc2F)c(Br)c1. The summed E-state index contributed by atoms with van der Waals surface area (Å²) in [6.07, 6.45) is 0. The second-order valence-corrected chi connectivity index (χ2v) is 5.34. The summed E-state index contributed by atoms with van der Waals surface area (Å²) in [5, 5.41) is 0.591. The first-order valence-electron chi connectivity index (χ1n) is 5.51. The van der Waals surface area contributed by atoms with Gasteiger partial charge < -0.3 is 4.74 Å². The molecule has 0 aromatic heterocycles. The zero-order valence-electron chi connectivity index (χ0n) is 9.80. The Kier molecular flexibility index (Phi) is 4.93. The molecule has 0 saturated heterocycles. The number of alkyl halides is 1. The van der Waals surface area contributed by atoms with Crippen molar-refractivity contribution in [2.45, 2.75) is 11.9 Å². The fraction of sp³-hybridized carbons (Fsp3) is 0.143. The normalized spacial score (nSPS) is 10.5. The van der Waals surface area contributed by atoms with Crippen molar-refractivity contribution < 1.29 is 13.5 Å². The van der Waals surface area contributed by atoms with Crippen LogP contribution in [0.1, 0.15) is 11.1 Å². The molecular formula is C14H10Br2F2O. The predicted octanol–water partition coefficient (Wildman–Crippen LogP) is 5.20. The molecule has 100 valence electrons. The van der Waals surface area contributed by atoms with Gasteiger partial charge >= 0.3 is 0 Å². The van der Waals surface area contributed by atoms with Crippen LogP contribution < -0.4 is 4.74 Å². The highest BCUT2D eigenvalue weighted by Gasteiger charge is 2.07. The van der Waals surface area contributed by atoms with Crippen LogP contribution in [0, 0.1) is 11.6 Å². The van der Waals surface area contributed by atoms with Crippen LogP contribution in [0.3, 0.4) is 0 Å². The molecule has 0 atom stereocenters. The van der Waals surface area contributed by atoms with E-state index in [1.165, 1.54) is 18.2 Å². The van der Waals surface area contributed by atoms with Crippen molar-refractivity contribution in [3.05, 3.63) is 63.6 Å². The van der Waals surface area contributed by atoms with E-state index < -0.39 is 5.82 Å². The van der Waals surface area contributed by atoms with Gasteiger partial charge in [-0.15, -0.1) is 0 Å². The van der Waals surface area contributed by atoms with Crippen molar-refractivity contribution in [1.82, 2.24) is 0 Å². The molecule has 0 unspecified atom stereocenters. The number of hydrogen-bond donors (Lipinski definition) is 0. The maximum absolute atomic E-state index is 13.7. The minimum Gasteiger partial charge on any atom is -0.486 e. The molecule has 0 bridgehead atoms. The molecule has 2 aromatic rings. The Bertz CT molecular complexity index is 588. The zero-order valence-corrected chi connectivity index (χ0v) is 13.0. The van der Waals surface area contributed by atoms with Gasteiger partial charge in [-0.05, 0) is 29.8 Å². The number of benzene rings is 2. The van der Waals surface area contributed by atoms with E-state index in [-0.39, 0.29) is 18.2 Å².